The van der Waals surface area contributed by atoms with Gasteiger partial charge in [0, 0.05) is 23.5 Å². The first-order valence-electron chi connectivity index (χ1n) is 9.41. The molecule has 0 saturated heterocycles. The maximum Gasteiger partial charge on any atom is 0.292 e. The first-order chi connectivity index (χ1) is 14.3. The van der Waals surface area contributed by atoms with Gasteiger partial charge in [0.15, 0.2) is 0 Å². The Kier molecular flexibility index (Phi) is 6.79. The molecule has 0 aliphatic heterocycles. The van der Waals surface area contributed by atoms with E-state index in [0.717, 1.165) is 27.7 Å². The van der Waals surface area contributed by atoms with Crippen molar-refractivity contribution < 1.29 is 13.2 Å². The molecule has 1 N–H and O–H groups in total. The summed E-state index contributed by atoms with van der Waals surface area (Å²) in [5, 5.41) is 3.80. The van der Waals surface area contributed by atoms with Gasteiger partial charge in [0.25, 0.3) is 5.91 Å². The van der Waals surface area contributed by atoms with E-state index in [-0.39, 0.29) is 11.4 Å². The molecule has 1 heterocycles. The third-order valence-corrected chi connectivity index (χ3v) is 5.70. The highest BCUT2D eigenvalue weighted by Gasteiger charge is 2.23. The molecule has 30 heavy (non-hydrogen) atoms. The standard InChI is InChI=1S/C21H23ClN4O3S/c1-4-23-17-8-7-16(19(22)11-17)12-25-13-20(24-15(25)3)21(27)26(30(28)29)18-9-5-14(2)6-10-18/h5-11,13,23,30H,4,12H2,1-3H3. The van der Waals surface area contributed by atoms with Crippen LogP contribution in [0, 0.1) is 13.8 Å². The minimum Gasteiger partial charge on any atom is -0.385 e. The zero-order valence-electron chi connectivity index (χ0n) is 16.9. The maximum atomic E-state index is 12.9. The van der Waals surface area contributed by atoms with Crippen molar-refractivity contribution >= 4 is 39.8 Å². The second-order valence-electron chi connectivity index (χ2n) is 6.83. The van der Waals surface area contributed by atoms with Gasteiger partial charge in [0.2, 0.25) is 10.9 Å². The van der Waals surface area contributed by atoms with E-state index < -0.39 is 16.8 Å². The largest absolute Gasteiger partial charge is 0.385 e. The zero-order valence-corrected chi connectivity index (χ0v) is 18.6. The molecule has 3 aromatic rings. The van der Waals surface area contributed by atoms with Crippen LogP contribution in [0.1, 0.15) is 34.4 Å². The number of hydrogen-bond acceptors (Lipinski definition) is 5. The Morgan fingerprint density at radius 1 is 1.17 bits per heavy atom. The van der Waals surface area contributed by atoms with Crippen LogP contribution in [0.5, 0.6) is 0 Å². The number of hydrogen-bond donors (Lipinski definition) is 2. The Bertz CT molecular complexity index is 1130. The van der Waals surface area contributed by atoms with Gasteiger partial charge < -0.3 is 9.88 Å². The summed E-state index contributed by atoms with van der Waals surface area (Å²) < 4.78 is 26.1. The Hall–Kier alpha value is -2.84. The Morgan fingerprint density at radius 3 is 2.47 bits per heavy atom. The number of benzene rings is 2. The second-order valence-corrected chi connectivity index (χ2v) is 8.11. The summed E-state index contributed by atoms with van der Waals surface area (Å²) in [7, 11) is -3.17. The Morgan fingerprint density at radius 2 is 1.87 bits per heavy atom. The molecule has 0 aliphatic carbocycles. The summed E-state index contributed by atoms with van der Waals surface area (Å²) in [6.45, 7) is 6.84. The molecule has 1 amide bonds. The van der Waals surface area contributed by atoms with Crippen LogP contribution < -0.4 is 9.62 Å². The third-order valence-electron chi connectivity index (χ3n) is 4.60. The van der Waals surface area contributed by atoms with Gasteiger partial charge in [-0.25, -0.2) is 17.7 Å². The summed E-state index contributed by atoms with van der Waals surface area (Å²) in [5.41, 5.74) is 3.08. The van der Waals surface area contributed by atoms with Gasteiger partial charge in [-0.2, -0.15) is 0 Å². The quantitative estimate of drug-likeness (QED) is 0.539. The number of aromatic nitrogens is 2. The molecule has 0 bridgehead atoms. The van der Waals surface area contributed by atoms with Crippen molar-refractivity contribution in [2.75, 3.05) is 16.2 Å². The third kappa shape index (κ3) is 4.83. The van der Waals surface area contributed by atoms with Crippen molar-refractivity contribution in [3.63, 3.8) is 0 Å². The molecule has 0 atom stereocenters. The highest BCUT2D eigenvalue weighted by Crippen LogP contribution is 2.23. The van der Waals surface area contributed by atoms with E-state index in [2.05, 4.69) is 10.3 Å². The number of nitrogens with one attached hydrogen (secondary N) is 1. The molecule has 0 spiro atoms. The SMILES string of the molecule is CCNc1ccc(Cn2cc(C(=O)N(c3ccc(C)cc3)[SH](=O)=O)nc2C)c(Cl)c1. The number of amides is 1. The summed E-state index contributed by atoms with van der Waals surface area (Å²) in [4.78, 5) is 17.2. The average molecular weight is 447 g/mol. The van der Waals surface area contributed by atoms with Crippen LogP contribution >= 0.6 is 11.6 Å². The molecule has 0 unspecified atom stereocenters. The molecular formula is C21H23ClN4O3S. The predicted molar refractivity (Wildman–Crippen MR) is 120 cm³/mol. The van der Waals surface area contributed by atoms with Gasteiger partial charge in [-0.3, -0.25) is 4.79 Å². The van der Waals surface area contributed by atoms with E-state index in [4.69, 9.17) is 11.6 Å². The van der Waals surface area contributed by atoms with Crippen molar-refractivity contribution in [2.45, 2.75) is 27.3 Å². The van der Waals surface area contributed by atoms with Gasteiger partial charge in [0.05, 0.1) is 12.2 Å². The number of thiol groups is 1. The number of nitrogens with zero attached hydrogens (tertiary/aromatic N) is 3. The van der Waals surface area contributed by atoms with Crippen LogP contribution in [0.3, 0.4) is 0 Å². The highest BCUT2D eigenvalue weighted by atomic mass is 35.5. The predicted octanol–water partition coefficient (Wildman–Crippen LogP) is 3.81. The number of imidazole rings is 1. The number of carbonyl (C=O) groups is 1. The lowest BCUT2D eigenvalue weighted by atomic mass is 10.2. The van der Waals surface area contributed by atoms with Crippen LogP contribution in [0.4, 0.5) is 11.4 Å². The van der Waals surface area contributed by atoms with Crippen LogP contribution in [0.25, 0.3) is 0 Å². The number of halogens is 1. The first kappa shape index (κ1) is 21.9. The highest BCUT2D eigenvalue weighted by molar-refractivity contribution is 7.75. The topological polar surface area (TPSA) is 84.3 Å². The molecule has 0 saturated carbocycles. The Labute approximate surface area is 182 Å². The van der Waals surface area contributed by atoms with Gasteiger partial charge in [-0.1, -0.05) is 35.4 Å². The number of anilines is 2. The fourth-order valence-corrected chi connectivity index (χ4v) is 3.84. The fourth-order valence-electron chi connectivity index (χ4n) is 3.02. The molecule has 9 heteroatoms. The Balaban J connectivity index is 1.87. The van der Waals surface area contributed by atoms with E-state index in [1.807, 2.05) is 32.0 Å². The molecule has 158 valence electrons. The van der Waals surface area contributed by atoms with Crippen molar-refractivity contribution in [2.24, 2.45) is 0 Å². The lowest BCUT2D eigenvalue weighted by molar-refractivity contribution is 0.100. The van der Waals surface area contributed by atoms with Crippen molar-refractivity contribution in [1.82, 2.24) is 9.55 Å². The molecule has 3 rings (SSSR count). The average Bonchev–Trinajstić information content (AvgIpc) is 3.06. The summed E-state index contributed by atoms with van der Waals surface area (Å²) >= 11 is 6.39. The molecule has 0 fully saturated rings. The van der Waals surface area contributed by atoms with E-state index in [1.165, 1.54) is 0 Å². The molecule has 7 nitrogen and oxygen atoms in total. The lowest BCUT2D eigenvalue weighted by Crippen LogP contribution is -2.29. The van der Waals surface area contributed by atoms with Crippen LogP contribution in [0.15, 0.2) is 48.7 Å². The number of carbonyl (C=O) groups excluding carboxylic acids is 1. The van der Waals surface area contributed by atoms with Gasteiger partial charge >= 0.3 is 0 Å². The monoisotopic (exact) mass is 446 g/mol. The molecule has 0 radical (unpaired) electrons. The fraction of sp³-hybridized carbons (Fsp3) is 0.238. The summed E-state index contributed by atoms with van der Waals surface area (Å²) in [6, 6.07) is 12.4. The number of aryl methyl sites for hydroxylation is 2. The maximum absolute atomic E-state index is 12.9. The minimum absolute atomic E-state index is 0.0488. The van der Waals surface area contributed by atoms with E-state index >= 15 is 0 Å². The number of rotatable bonds is 7. The smallest absolute Gasteiger partial charge is 0.292 e. The van der Waals surface area contributed by atoms with Crippen LogP contribution in [0.2, 0.25) is 5.02 Å². The second kappa shape index (κ2) is 9.32. The van der Waals surface area contributed by atoms with E-state index in [9.17, 15) is 13.2 Å². The zero-order chi connectivity index (χ0) is 21.8. The minimum atomic E-state index is -3.17. The lowest BCUT2D eigenvalue weighted by Gasteiger charge is -2.14. The van der Waals surface area contributed by atoms with Gasteiger partial charge in [-0.15, -0.1) is 0 Å². The van der Waals surface area contributed by atoms with Gasteiger partial charge in [0.1, 0.15) is 11.5 Å². The molecule has 0 aliphatic rings. The summed E-state index contributed by atoms with van der Waals surface area (Å²) in [5.74, 6) is -0.124. The van der Waals surface area contributed by atoms with Crippen molar-refractivity contribution in [1.29, 1.82) is 0 Å². The van der Waals surface area contributed by atoms with Crippen LogP contribution in [-0.4, -0.2) is 30.4 Å². The summed E-state index contributed by atoms with van der Waals surface area (Å²) in [6.07, 6.45) is 1.55. The first-order valence-corrected chi connectivity index (χ1v) is 10.9. The molecule has 2 aromatic carbocycles. The van der Waals surface area contributed by atoms with Crippen molar-refractivity contribution in [3.8, 4) is 0 Å². The van der Waals surface area contributed by atoms with E-state index in [0.29, 0.717) is 17.4 Å². The molecular weight excluding hydrogens is 424 g/mol. The molecule has 1 aromatic heterocycles. The van der Waals surface area contributed by atoms with Crippen molar-refractivity contribution in [3.05, 3.63) is 76.3 Å². The van der Waals surface area contributed by atoms with E-state index in [1.54, 1.807) is 42.0 Å². The normalized spacial score (nSPS) is 11.0. The van der Waals surface area contributed by atoms with Gasteiger partial charge in [-0.05, 0) is 50.6 Å². The van der Waals surface area contributed by atoms with Crippen LogP contribution in [-0.2, 0) is 17.4 Å².